The van der Waals surface area contributed by atoms with E-state index in [9.17, 15) is 14.4 Å². The summed E-state index contributed by atoms with van der Waals surface area (Å²) in [6, 6.07) is 0. The molecule has 0 amide bonds. The second-order valence-electron chi connectivity index (χ2n) is 3.62. The molecular formula is C10H12O4. The SMILES string of the molecule is COC(=O)[C@]1(C)CC(=O)C=C(C)C1=O. The van der Waals surface area contributed by atoms with E-state index in [4.69, 9.17) is 0 Å². The topological polar surface area (TPSA) is 60.4 Å². The zero-order chi connectivity index (χ0) is 10.9. The Morgan fingerprint density at radius 1 is 1.50 bits per heavy atom. The molecule has 0 spiro atoms. The van der Waals surface area contributed by atoms with Crippen LogP contribution in [0.5, 0.6) is 0 Å². The van der Waals surface area contributed by atoms with Gasteiger partial charge in [0.25, 0.3) is 0 Å². The number of ketones is 2. The van der Waals surface area contributed by atoms with Gasteiger partial charge in [0, 0.05) is 6.42 Å². The fraction of sp³-hybridized carbons (Fsp3) is 0.500. The van der Waals surface area contributed by atoms with Crippen LogP contribution in [0, 0.1) is 5.41 Å². The van der Waals surface area contributed by atoms with Crippen molar-refractivity contribution in [3.8, 4) is 0 Å². The van der Waals surface area contributed by atoms with E-state index in [0.29, 0.717) is 5.57 Å². The Hall–Kier alpha value is -1.45. The minimum atomic E-state index is -1.33. The van der Waals surface area contributed by atoms with Crippen molar-refractivity contribution in [2.24, 2.45) is 5.41 Å². The number of esters is 1. The third kappa shape index (κ3) is 1.47. The number of carbonyl (C=O) groups is 3. The lowest BCUT2D eigenvalue weighted by molar-refractivity contribution is -0.158. The Balaban J connectivity index is 3.13. The van der Waals surface area contributed by atoms with Crippen molar-refractivity contribution in [3.05, 3.63) is 11.6 Å². The molecule has 0 saturated carbocycles. The second kappa shape index (κ2) is 3.36. The molecule has 14 heavy (non-hydrogen) atoms. The van der Waals surface area contributed by atoms with E-state index in [0.717, 1.165) is 0 Å². The Morgan fingerprint density at radius 2 is 2.07 bits per heavy atom. The number of allylic oxidation sites excluding steroid dienone is 2. The smallest absolute Gasteiger partial charge is 0.319 e. The van der Waals surface area contributed by atoms with E-state index >= 15 is 0 Å². The van der Waals surface area contributed by atoms with E-state index in [1.807, 2.05) is 0 Å². The van der Waals surface area contributed by atoms with Crippen LogP contribution >= 0.6 is 0 Å². The van der Waals surface area contributed by atoms with Gasteiger partial charge in [-0.25, -0.2) is 0 Å². The molecule has 1 aliphatic carbocycles. The van der Waals surface area contributed by atoms with Crippen LogP contribution in [0.2, 0.25) is 0 Å². The van der Waals surface area contributed by atoms with E-state index in [-0.39, 0.29) is 18.0 Å². The van der Waals surface area contributed by atoms with Crippen LogP contribution in [-0.4, -0.2) is 24.6 Å². The molecule has 76 valence electrons. The van der Waals surface area contributed by atoms with Gasteiger partial charge >= 0.3 is 5.97 Å². The lowest BCUT2D eigenvalue weighted by atomic mass is 9.74. The molecule has 4 heteroatoms. The summed E-state index contributed by atoms with van der Waals surface area (Å²) in [5.74, 6) is -1.19. The van der Waals surface area contributed by atoms with Gasteiger partial charge in [0.05, 0.1) is 7.11 Å². The normalized spacial score (nSPS) is 27.2. The number of rotatable bonds is 1. The highest BCUT2D eigenvalue weighted by molar-refractivity contribution is 6.19. The van der Waals surface area contributed by atoms with Crippen molar-refractivity contribution in [1.82, 2.24) is 0 Å². The Bertz CT molecular complexity index is 340. The monoisotopic (exact) mass is 196 g/mol. The maximum Gasteiger partial charge on any atom is 0.319 e. The van der Waals surface area contributed by atoms with E-state index < -0.39 is 11.4 Å². The van der Waals surface area contributed by atoms with Gasteiger partial charge < -0.3 is 4.74 Å². The summed E-state index contributed by atoms with van der Waals surface area (Å²) in [4.78, 5) is 34.3. The van der Waals surface area contributed by atoms with Crippen LogP contribution in [0.25, 0.3) is 0 Å². The van der Waals surface area contributed by atoms with Gasteiger partial charge in [0.2, 0.25) is 0 Å². The Kier molecular flexibility index (Phi) is 2.55. The molecule has 0 aromatic heterocycles. The standard InChI is InChI=1S/C10H12O4/c1-6-4-7(11)5-10(2,8(6)12)9(13)14-3/h4H,5H2,1-3H3/t10-/m1/s1. The fourth-order valence-corrected chi connectivity index (χ4v) is 1.61. The van der Waals surface area contributed by atoms with Gasteiger partial charge in [-0.05, 0) is 25.5 Å². The number of ether oxygens (including phenoxy) is 1. The molecule has 0 heterocycles. The lowest BCUT2D eigenvalue weighted by Crippen LogP contribution is -2.42. The van der Waals surface area contributed by atoms with Crippen molar-refractivity contribution in [3.63, 3.8) is 0 Å². The number of carbonyl (C=O) groups excluding carboxylic acids is 3. The van der Waals surface area contributed by atoms with Crippen molar-refractivity contribution < 1.29 is 19.1 Å². The molecule has 1 atom stereocenters. The van der Waals surface area contributed by atoms with E-state index in [1.54, 1.807) is 0 Å². The lowest BCUT2D eigenvalue weighted by Gasteiger charge is -2.27. The molecule has 0 fully saturated rings. The molecule has 0 saturated heterocycles. The molecule has 0 aromatic rings. The molecule has 0 aromatic carbocycles. The largest absolute Gasteiger partial charge is 0.468 e. The predicted octanol–water partition coefficient (Wildman–Crippen LogP) is 0.654. The molecular weight excluding hydrogens is 184 g/mol. The highest BCUT2D eigenvalue weighted by atomic mass is 16.5. The third-order valence-electron chi connectivity index (χ3n) is 2.40. The summed E-state index contributed by atoms with van der Waals surface area (Å²) < 4.78 is 4.52. The quantitative estimate of drug-likeness (QED) is 0.456. The van der Waals surface area contributed by atoms with Crippen molar-refractivity contribution in [1.29, 1.82) is 0 Å². The van der Waals surface area contributed by atoms with Gasteiger partial charge in [-0.15, -0.1) is 0 Å². The first-order valence-electron chi connectivity index (χ1n) is 4.26. The zero-order valence-corrected chi connectivity index (χ0v) is 8.42. The summed E-state index contributed by atoms with van der Waals surface area (Å²) in [6.07, 6.45) is 1.17. The van der Waals surface area contributed by atoms with Crippen LogP contribution < -0.4 is 0 Å². The minimum Gasteiger partial charge on any atom is -0.468 e. The predicted molar refractivity (Wildman–Crippen MR) is 48.5 cm³/mol. The molecule has 1 aliphatic rings. The number of Topliss-reactive ketones (excluding diaryl/α,β-unsaturated/α-hetero) is 1. The van der Waals surface area contributed by atoms with Gasteiger partial charge in [-0.1, -0.05) is 0 Å². The van der Waals surface area contributed by atoms with E-state index in [1.165, 1.54) is 27.0 Å². The third-order valence-corrected chi connectivity index (χ3v) is 2.40. The van der Waals surface area contributed by atoms with Crippen molar-refractivity contribution >= 4 is 17.5 Å². The van der Waals surface area contributed by atoms with E-state index in [2.05, 4.69) is 4.74 Å². The summed E-state index contributed by atoms with van der Waals surface area (Å²) in [6.45, 7) is 2.97. The fourth-order valence-electron chi connectivity index (χ4n) is 1.61. The summed E-state index contributed by atoms with van der Waals surface area (Å²) in [5.41, 5.74) is -1.01. The van der Waals surface area contributed by atoms with Crippen LogP contribution in [0.1, 0.15) is 20.3 Å². The molecule has 0 unspecified atom stereocenters. The van der Waals surface area contributed by atoms with Crippen molar-refractivity contribution in [2.75, 3.05) is 7.11 Å². The summed E-state index contributed by atoms with van der Waals surface area (Å²) in [5, 5.41) is 0. The molecule has 0 aliphatic heterocycles. The summed E-state index contributed by atoms with van der Waals surface area (Å²) in [7, 11) is 1.21. The number of methoxy groups -OCH3 is 1. The molecule has 4 nitrogen and oxygen atoms in total. The second-order valence-corrected chi connectivity index (χ2v) is 3.62. The van der Waals surface area contributed by atoms with Gasteiger partial charge in [-0.2, -0.15) is 0 Å². The highest BCUT2D eigenvalue weighted by Gasteiger charge is 2.46. The first kappa shape index (κ1) is 10.6. The van der Waals surface area contributed by atoms with Crippen LogP contribution in [0.15, 0.2) is 11.6 Å². The maximum atomic E-state index is 11.7. The van der Waals surface area contributed by atoms with Gasteiger partial charge in [0.1, 0.15) is 5.41 Å². The zero-order valence-electron chi connectivity index (χ0n) is 8.42. The maximum absolute atomic E-state index is 11.7. The molecule has 0 N–H and O–H groups in total. The number of hydrogen-bond acceptors (Lipinski definition) is 4. The minimum absolute atomic E-state index is 0.101. The Morgan fingerprint density at radius 3 is 2.57 bits per heavy atom. The van der Waals surface area contributed by atoms with Crippen LogP contribution in [0.4, 0.5) is 0 Å². The van der Waals surface area contributed by atoms with Gasteiger partial charge in [-0.3, -0.25) is 14.4 Å². The molecule has 0 bridgehead atoms. The molecule has 0 radical (unpaired) electrons. The van der Waals surface area contributed by atoms with Crippen LogP contribution in [-0.2, 0) is 19.1 Å². The molecule has 1 rings (SSSR count). The van der Waals surface area contributed by atoms with Crippen LogP contribution in [0.3, 0.4) is 0 Å². The number of hydrogen-bond donors (Lipinski definition) is 0. The first-order chi connectivity index (χ1) is 6.41. The average Bonchev–Trinajstić information content (AvgIpc) is 2.12. The van der Waals surface area contributed by atoms with Crippen molar-refractivity contribution in [2.45, 2.75) is 20.3 Å². The Labute approximate surface area is 81.9 Å². The first-order valence-corrected chi connectivity index (χ1v) is 4.26. The summed E-state index contributed by atoms with van der Waals surface area (Å²) >= 11 is 0. The van der Waals surface area contributed by atoms with Gasteiger partial charge in [0.15, 0.2) is 11.6 Å². The highest BCUT2D eigenvalue weighted by Crippen LogP contribution is 2.31. The average molecular weight is 196 g/mol.